The van der Waals surface area contributed by atoms with Crippen LogP contribution in [-0.4, -0.2) is 33.4 Å². The monoisotopic (exact) mass is 396 g/mol. The molecule has 2 aromatic heterocycles. The molecule has 0 aliphatic carbocycles. The molecule has 8 heteroatoms. The fraction of sp³-hybridized carbons (Fsp3) is 0.300. The van der Waals surface area contributed by atoms with Crippen molar-refractivity contribution in [3.8, 4) is 0 Å². The van der Waals surface area contributed by atoms with Gasteiger partial charge in [0.05, 0.1) is 11.4 Å². The largest absolute Gasteiger partial charge is 0.342 e. The van der Waals surface area contributed by atoms with Crippen LogP contribution in [-0.2, 0) is 17.9 Å². The zero-order valence-corrected chi connectivity index (χ0v) is 16.2. The number of hydrogen-bond donors (Lipinski definition) is 1. The minimum Gasteiger partial charge on any atom is -0.342 e. The van der Waals surface area contributed by atoms with E-state index >= 15 is 0 Å². The van der Waals surface area contributed by atoms with Gasteiger partial charge in [-0.15, -0.1) is 11.3 Å². The van der Waals surface area contributed by atoms with Gasteiger partial charge in [0, 0.05) is 30.3 Å². The third-order valence-corrected chi connectivity index (χ3v) is 5.64. The molecule has 0 spiro atoms. The van der Waals surface area contributed by atoms with Gasteiger partial charge >= 0.3 is 0 Å². The van der Waals surface area contributed by atoms with E-state index in [9.17, 15) is 9.59 Å². The summed E-state index contributed by atoms with van der Waals surface area (Å²) in [5.41, 5.74) is 1.09. The van der Waals surface area contributed by atoms with Crippen LogP contribution in [0.5, 0.6) is 0 Å². The van der Waals surface area contributed by atoms with E-state index in [2.05, 4.69) is 15.5 Å². The van der Waals surface area contributed by atoms with Gasteiger partial charge in [-0.3, -0.25) is 9.59 Å². The van der Waals surface area contributed by atoms with Crippen molar-refractivity contribution in [1.82, 2.24) is 20.4 Å². The number of likely N-dealkylation sites (tertiary alicyclic amines) is 1. The molecule has 1 aromatic carbocycles. The summed E-state index contributed by atoms with van der Waals surface area (Å²) in [5.74, 6) is 0.680. The molecule has 1 aliphatic heterocycles. The van der Waals surface area contributed by atoms with E-state index in [1.165, 1.54) is 11.3 Å². The molecule has 28 heavy (non-hydrogen) atoms. The maximum absolute atomic E-state index is 12.3. The van der Waals surface area contributed by atoms with Crippen molar-refractivity contribution in [2.75, 3.05) is 6.54 Å². The average molecular weight is 396 g/mol. The van der Waals surface area contributed by atoms with Gasteiger partial charge in [-0.2, -0.15) is 4.98 Å². The molecule has 4 rings (SSSR count). The molecule has 7 nitrogen and oxygen atoms in total. The van der Waals surface area contributed by atoms with Gasteiger partial charge in [-0.1, -0.05) is 35.5 Å². The second-order valence-electron chi connectivity index (χ2n) is 6.80. The fourth-order valence-electron chi connectivity index (χ4n) is 3.21. The Morgan fingerprint density at radius 2 is 2.11 bits per heavy atom. The number of thiophene rings is 1. The van der Waals surface area contributed by atoms with Crippen LogP contribution < -0.4 is 5.32 Å². The van der Waals surface area contributed by atoms with Gasteiger partial charge in [-0.05, 0) is 24.6 Å². The molecular weight excluding hydrogens is 376 g/mol. The molecule has 0 bridgehead atoms. The van der Waals surface area contributed by atoms with Crippen molar-refractivity contribution in [2.24, 2.45) is 0 Å². The summed E-state index contributed by atoms with van der Waals surface area (Å²) in [7, 11) is 0. The Bertz CT molecular complexity index is 982. The fourth-order valence-corrected chi connectivity index (χ4v) is 3.99. The Hall–Kier alpha value is -3.00. The Morgan fingerprint density at radius 3 is 2.86 bits per heavy atom. The lowest BCUT2D eigenvalue weighted by Crippen LogP contribution is -2.24. The zero-order valence-electron chi connectivity index (χ0n) is 15.4. The van der Waals surface area contributed by atoms with E-state index in [0.29, 0.717) is 36.1 Å². The highest BCUT2D eigenvalue weighted by Gasteiger charge is 2.33. The number of carbonyl (C=O) groups excluding carboxylic acids is 2. The SMILES string of the molecule is Cc1ccc(C(=O)NCc2nc(C3CC(=O)N(Cc4ccccc4)C3)no2)s1. The molecule has 144 valence electrons. The predicted octanol–water partition coefficient (Wildman–Crippen LogP) is 2.89. The molecular formula is C20H20N4O3S. The van der Waals surface area contributed by atoms with Crippen LogP contribution >= 0.6 is 11.3 Å². The van der Waals surface area contributed by atoms with Gasteiger partial charge < -0.3 is 14.7 Å². The first-order valence-corrected chi connectivity index (χ1v) is 9.89. The van der Waals surface area contributed by atoms with E-state index in [0.717, 1.165) is 10.4 Å². The van der Waals surface area contributed by atoms with Crippen LogP contribution in [0.1, 0.15) is 44.2 Å². The minimum atomic E-state index is -0.164. The van der Waals surface area contributed by atoms with Crippen molar-refractivity contribution in [3.63, 3.8) is 0 Å². The van der Waals surface area contributed by atoms with E-state index in [1.807, 2.05) is 48.2 Å². The van der Waals surface area contributed by atoms with Crippen LogP contribution in [0.3, 0.4) is 0 Å². The lowest BCUT2D eigenvalue weighted by molar-refractivity contribution is -0.128. The number of rotatable bonds is 6. The third kappa shape index (κ3) is 4.12. The van der Waals surface area contributed by atoms with E-state index in [4.69, 9.17) is 4.52 Å². The van der Waals surface area contributed by atoms with Crippen LogP contribution in [0.25, 0.3) is 0 Å². The Kier molecular flexibility index (Phi) is 5.21. The molecule has 1 atom stereocenters. The maximum atomic E-state index is 12.3. The first-order valence-electron chi connectivity index (χ1n) is 9.07. The average Bonchev–Trinajstić information content (AvgIpc) is 3.42. The molecule has 1 N–H and O–H groups in total. The van der Waals surface area contributed by atoms with Gasteiger partial charge in [0.25, 0.3) is 5.91 Å². The molecule has 1 saturated heterocycles. The number of aryl methyl sites for hydroxylation is 1. The minimum absolute atomic E-state index is 0.0848. The van der Waals surface area contributed by atoms with Gasteiger partial charge in [0.15, 0.2) is 5.82 Å². The van der Waals surface area contributed by atoms with Gasteiger partial charge in [0.2, 0.25) is 11.8 Å². The normalized spacial score (nSPS) is 16.5. The van der Waals surface area contributed by atoms with Gasteiger partial charge in [0.1, 0.15) is 0 Å². The zero-order chi connectivity index (χ0) is 19.5. The standard InChI is InChI=1S/C20H20N4O3S/c1-13-7-8-16(28-13)20(26)21-10-17-22-19(23-27-17)15-9-18(25)24(12-15)11-14-5-3-2-4-6-14/h2-8,15H,9-12H2,1H3,(H,21,26). The van der Waals surface area contributed by atoms with Crippen molar-refractivity contribution in [2.45, 2.75) is 32.4 Å². The number of amides is 2. The molecule has 1 unspecified atom stereocenters. The second kappa shape index (κ2) is 7.93. The quantitative estimate of drug-likeness (QED) is 0.692. The number of aromatic nitrogens is 2. The predicted molar refractivity (Wildman–Crippen MR) is 104 cm³/mol. The molecule has 0 radical (unpaired) electrons. The number of carbonyl (C=O) groups is 2. The molecule has 3 heterocycles. The number of nitrogens with zero attached hydrogens (tertiary/aromatic N) is 3. The number of nitrogens with one attached hydrogen (secondary N) is 1. The van der Waals surface area contributed by atoms with Crippen LogP contribution in [0, 0.1) is 6.92 Å². The summed E-state index contributed by atoms with van der Waals surface area (Å²) in [5, 5.41) is 6.80. The number of hydrogen-bond acceptors (Lipinski definition) is 6. The van der Waals surface area contributed by atoms with Crippen LogP contribution in [0.2, 0.25) is 0 Å². The highest BCUT2D eigenvalue weighted by molar-refractivity contribution is 7.13. The molecule has 1 aliphatic rings. The van der Waals surface area contributed by atoms with Crippen LogP contribution in [0.15, 0.2) is 47.0 Å². The topological polar surface area (TPSA) is 88.3 Å². The van der Waals surface area contributed by atoms with Crippen molar-refractivity contribution in [1.29, 1.82) is 0 Å². The highest BCUT2D eigenvalue weighted by Crippen LogP contribution is 2.27. The van der Waals surface area contributed by atoms with Crippen molar-refractivity contribution in [3.05, 3.63) is 69.5 Å². The lowest BCUT2D eigenvalue weighted by atomic mass is 10.1. The van der Waals surface area contributed by atoms with E-state index < -0.39 is 0 Å². The lowest BCUT2D eigenvalue weighted by Gasteiger charge is -2.15. The molecule has 1 fully saturated rings. The summed E-state index contributed by atoms with van der Waals surface area (Å²) >= 11 is 1.44. The Balaban J connectivity index is 1.34. The molecule has 0 saturated carbocycles. The van der Waals surface area contributed by atoms with Crippen molar-refractivity contribution < 1.29 is 14.1 Å². The van der Waals surface area contributed by atoms with Crippen LogP contribution in [0.4, 0.5) is 0 Å². The summed E-state index contributed by atoms with van der Waals surface area (Å²) in [4.78, 5) is 32.4. The molecule has 3 aromatic rings. The Morgan fingerprint density at radius 1 is 1.29 bits per heavy atom. The number of benzene rings is 1. The summed E-state index contributed by atoms with van der Waals surface area (Å²) in [6.07, 6.45) is 0.368. The highest BCUT2D eigenvalue weighted by atomic mass is 32.1. The smallest absolute Gasteiger partial charge is 0.261 e. The third-order valence-electron chi connectivity index (χ3n) is 4.64. The first-order chi connectivity index (χ1) is 13.6. The summed E-state index contributed by atoms with van der Waals surface area (Å²) in [6.45, 7) is 3.26. The van der Waals surface area contributed by atoms with E-state index in [-0.39, 0.29) is 24.3 Å². The second-order valence-corrected chi connectivity index (χ2v) is 8.09. The van der Waals surface area contributed by atoms with Gasteiger partial charge in [-0.25, -0.2) is 0 Å². The maximum Gasteiger partial charge on any atom is 0.261 e. The van der Waals surface area contributed by atoms with Crippen molar-refractivity contribution >= 4 is 23.2 Å². The molecule has 2 amide bonds. The first kappa shape index (κ1) is 18.4. The summed E-state index contributed by atoms with van der Waals surface area (Å²) < 4.78 is 5.26. The summed E-state index contributed by atoms with van der Waals surface area (Å²) in [6, 6.07) is 13.6. The van der Waals surface area contributed by atoms with E-state index in [1.54, 1.807) is 6.07 Å². The Labute approximate surface area is 166 Å².